The molecule has 0 aliphatic heterocycles. The molecule has 0 saturated heterocycles. The normalized spacial score (nSPS) is 12.4. The number of carboxylic acid groups (broad SMARTS) is 1. The second kappa shape index (κ2) is 11.0. The Hall–Kier alpha value is -2.55. The summed E-state index contributed by atoms with van der Waals surface area (Å²) >= 11 is 1.34. The summed E-state index contributed by atoms with van der Waals surface area (Å²) in [6.45, 7) is 0. The van der Waals surface area contributed by atoms with Crippen LogP contribution in [0.15, 0.2) is 41.3 Å². The molecule has 0 radical (unpaired) electrons. The van der Waals surface area contributed by atoms with Gasteiger partial charge in [-0.15, -0.1) is 0 Å². The molecule has 1 amide bonds. The Balaban J connectivity index is 1.89. The predicted octanol–water partition coefficient (Wildman–Crippen LogP) is 3.22. The molecule has 6 N–H and O–H groups in total. The molecule has 0 heterocycles. The second-order valence-corrected chi connectivity index (χ2v) is 11.3. The number of nitrogens with one attached hydrogen (secondary N) is 1. The largest absolute Gasteiger partial charge is 0.506 e. The van der Waals surface area contributed by atoms with Crippen LogP contribution in [0.4, 0.5) is 14.5 Å². The van der Waals surface area contributed by atoms with Crippen molar-refractivity contribution in [2.45, 2.75) is 29.2 Å². The van der Waals surface area contributed by atoms with Gasteiger partial charge in [0.1, 0.15) is 10.5 Å². The van der Waals surface area contributed by atoms with Gasteiger partial charge in [0, 0.05) is 23.4 Å². The number of phenols is 1. The minimum Gasteiger partial charge on any atom is -0.506 e. The van der Waals surface area contributed by atoms with E-state index < -0.39 is 57.0 Å². The van der Waals surface area contributed by atoms with Crippen molar-refractivity contribution in [3.8, 4) is 5.75 Å². The van der Waals surface area contributed by atoms with Crippen LogP contribution in [0.2, 0.25) is 0 Å². The molecule has 16 heteroatoms. The van der Waals surface area contributed by atoms with Crippen molar-refractivity contribution in [2.24, 2.45) is 0 Å². The first-order valence-corrected chi connectivity index (χ1v) is 13.7. The van der Waals surface area contributed by atoms with Crippen LogP contribution in [0.3, 0.4) is 0 Å². The van der Waals surface area contributed by atoms with E-state index in [-0.39, 0.29) is 12.1 Å². The van der Waals surface area contributed by atoms with Crippen molar-refractivity contribution >= 4 is 47.0 Å². The first kappa shape index (κ1) is 28.7. The molecular weight excluding hydrogens is 535 g/mol. The van der Waals surface area contributed by atoms with Crippen LogP contribution in [0.25, 0.3) is 0 Å². The summed E-state index contributed by atoms with van der Waals surface area (Å²) in [5.74, 6) is -2.65. The van der Waals surface area contributed by atoms with E-state index in [2.05, 4.69) is 5.32 Å². The van der Waals surface area contributed by atoms with E-state index in [4.69, 9.17) is 19.4 Å². The lowest BCUT2D eigenvalue weighted by Crippen LogP contribution is -2.13. The van der Waals surface area contributed by atoms with E-state index in [0.29, 0.717) is 29.6 Å². The number of aromatic hydroxyl groups is 1. The van der Waals surface area contributed by atoms with Crippen LogP contribution in [0.5, 0.6) is 5.75 Å². The average molecular weight is 555 g/mol. The lowest BCUT2D eigenvalue weighted by atomic mass is 10.1. The zero-order valence-corrected chi connectivity index (χ0v) is 20.1. The molecule has 2 aromatic rings. The Morgan fingerprint density at radius 3 is 2.23 bits per heavy atom. The number of hydrogen-bond donors (Lipinski definition) is 6. The molecule has 0 saturated carbocycles. The molecular formula is C19H20F2NO10PS2. The number of halogens is 2. The van der Waals surface area contributed by atoms with Gasteiger partial charge in [0.25, 0.3) is 10.1 Å². The molecule has 2 rings (SSSR count). The third-order valence-corrected chi connectivity index (χ3v) is 7.47. The Morgan fingerprint density at radius 2 is 1.71 bits per heavy atom. The zero-order chi connectivity index (χ0) is 26.6. The highest BCUT2D eigenvalue weighted by Gasteiger charge is 2.50. The van der Waals surface area contributed by atoms with E-state index in [0.717, 1.165) is 18.2 Å². The van der Waals surface area contributed by atoms with Gasteiger partial charge < -0.3 is 25.3 Å². The number of alkyl halides is 2. The highest BCUT2D eigenvalue weighted by atomic mass is 32.2. The zero-order valence-electron chi connectivity index (χ0n) is 17.6. The lowest BCUT2D eigenvalue weighted by molar-refractivity contribution is -0.116. The molecule has 0 bridgehead atoms. The molecule has 35 heavy (non-hydrogen) atoms. The van der Waals surface area contributed by atoms with Crippen LogP contribution in [-0.4, -0.2) is 50.6 Å². The van der Waals surface area contributed by atoms with Gasteiger partial charge in [-0.05, 0) is 29.9 Å². The summed E-state index contributed by atoms with van der Waals surface area (Å²) in [6.07, 6.45) is 0.283. The molecule has 0 atom stereocenters. The highest BCUT2D eigenvalue weighted by molar-refractivity contribution is 7.98. The Kier molecular flexibility index (Phi) is 9.03. The first-order valence-electron chi connectivity index (χ1n) is 9.52. The fourth-order valence-electron chi connectivity index (χ4n) is 2.76. The topological polar surface area (TPSA) is 199 Å². The van der Waals surface area contributed by atoms with Crippen molar-refractivity contribution in [3.05, 3.63) is 53.1 Å². The number of amides is 1. The third-order valence-electron chi connectivity index (χ3n) is 4.50. The van der Waals surface area contributed by atoms with Gasteiger partial charge in [-0.1, -0.05) is 24.3 Å². The lowest BCUT2D eigenvalue weighted by Gasteiger charge is -2.18. The monoisotopic (exact) mass is 555 g/mol. The summed E-state index contributed by atoms with van der Waals surface area (Å²) in [4.78, 5) is 39.7. The summed E-state index contributed by atoms with van der Waals surface area (Å²) in [6, 6.07) is 5.99. The Bertz CT molecular complexity index is 1260. The van der Waals surface area contributed by atoms with Gasteiger partial charge in [0.05, 0.1) is 0 Å². The van der Waals surface area contributed by atoms with Crippen molar-refractivity contribution in [1.82, 2.24) is 0 Å². The van der Waals surface area contributed by atoms with E-state index in [1.54, 1.807) is 0 Å². The Morgan fingerprint density at radius 1 is 1.11 bits per heavy atom. The van der Waals surface area contributed by atoms with Crippen LogP contribution in [0, 0.1) is 0 Å². The fraction of sp³-hybridized carbons (Fsp3) is 0.263. The number of thioether (sulfide) groups is 1. The maximum Gasteiger partial charge on any atom is 0.399 e. The van der Waals surface area contributed by atoms with Crippen molar-refractivity contribution in [2.75, 3.05) is 11.1 Å². The molecule has 0 aliphatic carbocycles. The number of rotatable bonds is 11. The SMILES string of the molecule is O=C(CCCSCc1ccc(C(F)(F)P(=O)(O)O)cc1)Nc1cc(C(=O)O)c(O)c(S(=O)(=O)O)c1. The second-order valence-electron chi connectivity index (χ2n) is 7.14. The molecule has 0 spiro atoms. The number of anilines is 1. The van der Waals surface area contributed by atoms with Gasteiger partial charge >= 0.3 is 19.2 Å². The average Bonchev–Trinajstić information content (AvgIpc) is 2.73. The highest BCUT2D eigenvalue weighted by Crippen LogP contribution is 2.59. The van der Waals surface area contributed by atoms with Crippen LogP contribution in [-0.2, 0) is 30.9 Å². The van der Waals surface area contributed by atoms with Crippen LogP contribution < -0.4 is 5.32 Å². The summed E-state index contributed by atoms with van der Waals surface area (Å²) in [5.41, 5.74) is -5.61. The number of carbonyl (C=O) groups excluding carboxylic acids is 1. The predicted molar refractivity (Wildman–Crippen MR) is 121 cm³/mol. The van der Waals surface area contributed by atoms with Gasteiger partial charge in [-0.25, -0.2) is 4.79 Å². The number of carbonyl (C=O) groups is 2. The van der Waals surface area contributed by atoms with E-state index in [1.165, 1.54) is 23.9 Å². The van der Waals surface area contributed by atoms with E-state index >= 15 is 0 Å². The molecule has 0 aromatic heterocycles. The summed E-state index contributed by atoms with van der Waals surface area (Å²) in [5, 5.41) is 21.1. The van der Waals surface area contributed by atoms with Gasteiger partial charge in [0.15, 0.2) is 5.75 Å². The molecule has 0 fully saturated rings. The number of hydrogen-bond acceptors (Lipinski definition) is 7. The van der Waals surface area contributed by atoms with E-state index in [9.17, 15) is 36.5 Å². The molecule has 0 aliphatic rings. The van der Waals surface area contributed by atoms with Crippen LogP contribution in [0.1, 0.15) is 34.3 Å². The van der Waals surface area contributed by atoms with Gasteiger partial charge in [-0.3, -0.25) is 13.9 Å². The number of aromatic carboxylic acids is 1. The minimum atomic E-state index is -5.65. The standard InChI is InChI=1S/C19H20F2NO10PS2/c20-19(21,33(27,28)29)12-5-3-11(4-6-12)10-34-7-1-2-16(23)22-13-8-14(18(25)26)17(24)15(9-13)35(30,31)32/h3-6,8-9,24H,1-2,7,10H2,(H,22,23)(H,25,26)(H2,27,28,29)(H,30,31,32). The van der Waals surface area contributed by atoms with Gasteiger partial charge in [0.2, 0.25) is 5.91 Å². The molecule has 2 aromatic carbocycles. The summed E-state index contributed by atoms with van der Waals surface area (Å²) in [7, 11) is -10.6. The van der Waals surface area contributed by atoms with Crippen molar-refractivity contribution in [3.63, 3.8) is 0 Å². The summed E-state index contributed by atoms with van der Waals surface area (Å²) < 4.78 is 70.1. The quantitative estimate of drug-likeness (QED) is 0.103. The molecule has 0 unspecified atom stereocenters. The first-order chi connectivity index (χ1) is 16.0. The van der Waals surface area contributed by atoms with E-state index in [1.807, 2.05) is 0 Å². The maximum absolute atomic E-state index is 13.7. The Labute approximate surface area is 202 Å². The smallest absolute Gasteiger partial charge is 0.399 e. The van der Waals surface area contributed by atoms with Gasteiger partial charge in [-0.2, -0.15) is 29.0 Å². The van der Waals surface area contributed by atoms with Crippen molar-refractivity contribution < 1.29 is 55.9 Å². The molecule has 192 valence electrons. The van der Waals surface area contributed by atoms with Crippen LogP contribution >= 0.6 is 19.4 Å². The third kappa shape index (κ3) is 7.46. The fourth-order valence-corrected chi connectivity index (χ4v) is 4.79. The number of carboxylic acids is 1. The minimum absolute atomic E-state index is 0.0507. The molecule has 11 nitrogen and oxygen atoms in total. The van der Waals surface area contributed by atoms with Crippen molar-refractivity contribution in [1.29, 1.82) is 0 Å². The maximum atomic E-state index is 13.7. The number of benzene rings is 2.